The number of aromatic nitrogens is 2. The molecule has 1 saturated carbocycles. The van der Waals surface area contributed by atoms with Crippen molar-refractivity contribution in [3.8, 4) is 0 Å². The number of nitrogens with zero attached hydrogens (tertiary/aromatic N) is 2. The first-order valence-corrected chi connectivity index (χ1v) is 8.48. The molecule has 0 bridgehead atoms. The molecule has 1 aromatic heterocycles. The molecule has 94 valence electrons. The summed E-state index contributed by atoms with van der Waals surface area (Å²) in [7, 11) is 0. The van der Waals surface area contributed by atoms with Gasteiger partial charge in [-0.2, -0.15) is 11.8 Å². The van der Waals surface area contributed by atoms with Gasteiger partial charge in [-0.05, 0) is 38.2 Å². The predicted molar refractivity (Wildman–Crippen MR) is 77.0 cm³/mol. The number of anilines is 1. The van der Waals surface area contributed by atoms with Gasteiger partial charge in [-0.3, -0.25) is 0 Å². The van der Waals surface area contributed by atoms with Gasteiger partial charge >= 0.3 is 0 Å². The van der Waals surface area contributed by atoms with Gasteiger partial charge in [0.15, 0.2) is 0 Å². The Balaban J connectivity index is 1.88. The third-order valence-electron chi connectivity index (χ3n) is 3.21. The molecule has 1 aliphatic rings. The largest absolute Gasteiger partial charge is 0.367 e. The molecule has 0 spiro atoms. The molecule has 0 aliphatic heterocycles. The maximum absolute atomic E-state index is 4.28. The highest BCUT2D eigenvalue weighted by Crippen LogP contribution is 2.28. The number of thioether (sulfide) groups is 2. The number of hydrogen-bond acceptors (Lipinski definition) is 5. The van der Waals surface area contributed by atoms with Gasteiger partial charge in [0.2, 0.25) is 0 Å². The lowest BCUT2D eigenvalue weighted by molar-refractivity contribution is 0.472. The smallest absolute Gasteiger partial charge is 0.130 e. The normalized spacial score (nSPS) is 24.6. The second kappa shape index (κ2) is 6.50. The molecule has 3 nitrogen and oxygen atoms in total. The molecular formula is C12H19N3S2. The molecule has 1 aromatic rings. The average molecular weight is 269 g/mol. The lowest BCUT2D eigenvalue weighted by Gasteiger charge is -2.28. The summed E-state index contributed by atoms with van der Waals surface area (Å²) in [6, 6.07) is 2.62. The van der Waals surface area contributed by atoms with Crippen LogP contribution in [0.4, 0.5) is 5.82 Å². The van der Waals surface area contributed by atoms with Crippen LogP contribution in [-0.4, -0.2) is 33.8 Å². The average Bonchev–Trinajstić information content (AvgIpc) is 2.40. The Morgan fingerprint density at radius 2 is 1.94 bits per heavy atom. The summed E-state index contributed by atoms with van der Waals surface area (Å²) < 4.78 is 0. The molecule has 0 amide bonds. The van der Waals surface area contributed by atoms with Gasteiger partial charge in [0.1, 0.15) is 17.2 Å². The van der Waals surface area contributed by atoms with Crippen molar-refractivity contribution in [1.82, 2.24) is 9.97 Å². The summed E-state index contributed by atoms with van der Waals surface area (Å²) in [5, 5.41) is 5.42. The van der Waals surface area contributed by atoms with Crippen LogP contribution < -0.4 is 5.32 Å². The first kappa shape index (κ1) is 13.0. The minimum Gasteiger partial charge on any atom is -0.367 e. The van der Waals surface area contributed by atoms with E-state index in [0.717, 1.165) is 16.1 Å². The molecule has 17 heavy (non-hydrogen) atoms. The van der Waals surface area contributed by atoms with Crippen LogP contribution in [0.1, 0.15) is 25.7 Å². The molecule has 0 saturated heterocycles. The molecule has 1 aliphatic carbocycles. The Morgan fingerprint density at radius 1 is 1.18 bits per heavy atom. The zero-order valence-corrected chi connectivity index (χ0v) is 12.0. The van der Waals surface area contributed by atoms with Gasteiger partial charge in [0, 0.05) is 17.4 Å². The highest BCUT2D eigenvalue weighted by molar-refractivity contribution is 7.99. The Hall–Kier alpha value is -0.420. The van der Waals surface area contributed by atoms with Crippen molar-refractivity contribution in [2.45, 2.75) is 42.0 Å². The van der Waals surface area contributed by atoms with Gasteiger partial charge in [0.05, 0.1) is 0 Å². The number of rotatable bonds is 4. The molecule has 2 rings (SSSR count). The highest BCUT2D eigenvalue weighted by atomic mass is 32.2. The Kier molecular flexibility index (Phi) is 4.98. The number of hydrogen-bond donors (Lipinski definition) is 1. The van der Waals surface area contributed by atoms with Crippen LogP contribution in [0.25, 0.3) is 0 Å². The van der Waals surface area contributed by atoms with Crippen molar-refractivity contribution in [1.29, 1.82) is 0 Å². The summed E-state index contributed by atoms with van der Waals surface area (Å²) >= 11 is 3.66. The topological polar surface area (TPSA) is 37.8 Å². The molecule has 0 aromatic carbocycles. The third-order valence-corrected chi connectivity index (χ3v) is 4.99. The van der Waals surface area contributed by atoms with Crippen molar-refractivity contribution < 1.29 is 0 Å². The second-order valence-electron chi connectivity index (χ2n) is 4.30. The van der Waals surface area contributed by atoms with Crippen LogP contribution in [0, 0.1) is 0 Å². The molecule has 5 heteroatoms. The second-order valence-corrected chi connectivity index (χ2v) is 6.26. The van der Waals surface area contributed by atoms with E-state index in [9.17, 15) is 0 Å². The zero-order chi connectivity index (χ0) is 12.1. The quantitative estimate of drug-likeness (QED) is 0.670. The van der Waals surface area contributed by atoms with E-state index in [1.807, 2.05) is 24.1 Å². The monoisotopic (exact) mass is 269 g/mol. The Morgan fingerprint density at radius 3 is 2.59 bits per heavy atom. The van der Waals surface area contributed by atoms with Crippen LogP contribution in [0.15, 0.2) is 17.4 Å². The molecule has 1 N–H and O–H groups in total. The molecule has 0 unspecified atom stereocenters. The van der Waals surface area contributed by atoms with Crippen molar-refractivity contribution in [3.63, 3.8) is 0 Å². The lowest BCUT2D eigenvalue weighted by Crippen LogP contribution is -2.27. The number of nitrogens with one attached hydrogen (secondary N) is 1. The summed E-state index contributed by atoms with van der Waals surface area (Å²) in [5.41, 5.74) is 0. The summed E-state index contributed by atoms with van der Waals surface area (Å²) in [4.78, 5) is 8.46. The maximum atomic E-state index is 4.28. The van der Waals surface area contributed by atoms with Crippen molar-refractivity contribution in [2.75, 3.05) is 17.8 Å². The Bertz CT molecular complexity index is 351. The fourth-order valence-corrected chi connectivity index (χ4v) is 3.31. The molecule has 0 atom stereocenters. The van der Waals surface area contributed by atoms with Crippen LogP contribution in [-0.2, 0) is 0 Å². The summed E-state index contributed by atoms with van der Waals surface area (Å²) in [6.45, 7) is 0. The van der Waals surface area contributed by atoms with E-state index in [-0.39, 0.29) is 0 Å². The molecular weight excluding hydrogens is 250 g/mol. The van der Waals surface area contributed by atoms with Crippen LogP contribution in [0.5, 0.6) is 0 Å². The van der Waals surface area contributed by atoms with Gasteiger partial charge in [-0.25, -0.2) is 9.97 Å². The van der Waals surface area contributed by atoms with Crippen molar-refractivity contribution in [2.24, 2.45) is 0 Å². The van der Waals surface area contributed by atoms with Crippen LogP contribution in [0.3, 0.4) is 0 Å². The standard InChI is InChI=1S/C12H19N3S2/c1-16-10-5-3-9(4-6-10)15-11-7-12(17-2)14-8-13-11/h7-10H,3-6H2,1-2H3,(H,13,14,15). The van der Waals surface area contributed by atoms with Gasteiger partial charge < -0.3 is 5.32 Å². The fourth-order valence-electron chi connectivity index (χ4n) is 2.18. The van der Waals surface area contributed by atoms with E-state index in [1.54, 1.807) is 18.1 Å². The molecule has 1 fully saturated rings. The minimum atomic E-state index is 0.586. The van der Waals surface area contributed by atoms with Crippen LogP contribution >= 0.6 is 23.5 Å². The van der Waals surface area contributed by atoms with E-state index in [0.29, 0.717) is 6.04 Å². The zero-order valence-electron chi connectivity index (χ0n) is 10.3. The predicted octanol–water partition coefficient (Wildman–Crippen LogP) is 3.28. The van der Waals surface area contributed by atoms with E-state index in [2.05, 4.69) is 21.5 Å². The van der Waals surface area contributed by atoms with E-state index in [1.165, 1.54) is 25.7 Å². The first-order chi connectivity index (χ1) is 8.31. The lowest BCUT2D eigenvalue weighted by atomic mass is 9.95. The van der Waals surface area contributed by atoms with E-state index < -0.39 is 0 Å². The van der Waals surface area contributed by atoms with Crippen molar-refractivity contribution in [3.05, 3.63) is 12.4 Å². The molecule has 1 heterocycles. The van der Waals surface area contributed by atoms with Gasteiger partial charge in [0.25, 0.3) is 0 Å². The highest BCUT2D eigenvalue weighted by Gasteiger charge is 2.20. The first-order valence-electron chi connectivity index (χ1n) is 5.97. The SMILES string of the molecule is CSc1cc(NC2CCC(SC)CC2)ncn1. The van der Waals surface area contributed by atoms with E-state index in [4.69, 9.17) is 0 Å². The van der Waals surface area contributed by atoms with Crippen LogP contribution in [0.2, 0.25) is 0 Å². The Labute approximate surface area is 112 Å². The van der Waals surface area contributed by atoms with Crippen molar-refractivity contribution >= 4 is 29.3 Å². The minimum absolute atomic E-state index is 0.586. The van der Waals surface area contributed by atoms with Gasteiger partial charge in [-0.15, -0.1) is 11.8 Å². The molecule has 0 radical (unpaired) electrons. The summed E-state index contributed by atoms with van der Waals surface area (Å²) in [5.74, 6) is 0.969. The van der Waals surface area contributed by atoms with Gasteiger partial charge in [-0.1, -0.05) is 0 Å². The van der Waals surface area contributed by atoms with E-state index >= 15 is 0 Å². The maximum Gasteiger partial charge on any atom is 0.130 e. The third kappa shape index (κ3) is 3.78. The summed E-state index contributed by atoms with van der Waals surface area (Å²) in [6.07, 6.45) is 11.0. The fraction of sp³-hybridized carbons (Fsp3) is 0.667.